The van der Waals surface area contributed by atoms with Gasteiger partial charge >= 0.3 is 0 Å². The Labute approximate surface area is 214 Å². The number of carbonyl (C=O) groups is 1. The lowest BCUT2D eigenvalue weighted by molar-refractivity contribution is 0.0799. The van der Waals surface area contributed by atoms with Crippen LogP contribution in [0.25, 0.3) is 21.7 Å². The zero-order valence-electron chi connectivity index (χ0n) is 20.4. The Hall–Kier alpha value is -3.69. The van der Waals surface area contributed by atoms with Crippen molar-refractivity contribution in [3.05, 3.63) is 70.7 Å². The number of fused-ring (bicyclic) bond motifs is 1. The molecule has 4 aromatic rings. The molecule has 0 atom stereocenters. The van der Waals surface area contributed by atoms with Crippen molar-refractivity contribution in [2.45, 2.75) is 6.42 Å². The zero-order valence-corrected chi connectivity index (χ0v) is 21.2. The molecule has 0 unspecified atom stereocenters. The second-order valence-electron chi connectivity index (χ2n) is 8.62. The van der Waals surface area contributed by atoms with Crippen molar-refractivity contribution < 1.29 is 9.53 Å². The monoisotopic (exact) mass is 500 g/mol. The summed E-state index contributed by atoms with van der Waals surface area (Å²) in [7, 11) is 3.61. The van der Waals surface area contributed by atoms with E-state index >= 15 is 0 Å². The molecule has 9 heteroatoms. The van der Waals surface area contributed by atoms with Gasteiger partial charge in [0.25, 0.3) is 5.91 Å². The molecule has 1 aromatic carbocycles. The van der Waals surface area contributed by atoms with E-state index in [-0.39, 0.29) is 5.91 Å². The first-order valence-corrected chi connectivity index (χ1v) is 12.8. The lowest BCUT2D eigenvalue weighted by Crippen LogP contribution is -2.37. The van der Waals surface area contributed by atoms with Gasteiger partial charge in [-0.25, -0.2) is 9.97 Å². The minimum Gasteiger partial charge on any atom is -0.378 e. The second kappa shape index (κ2) is 10.9. The first-order chi connectivity index (χ1) is 17.6. The topological polar surface area (TPSA) is 83.8 Å². The third-order valence-electron chi connectivity index (χ3n) is 6.16. The molecule has 4 heterocycles. The second-order valence-corrected chi connectivity index (χ2v) is 9.48. The van der Waals surface area contributed by atoms with Crippen molar-refractivity contribution in [3.8, 4) is 11.5 Å². The largest absolute Gasteiger partial charge is 0.378 e. The number of thiophene rings is 1. The number of anilines is 1. The van der Waals surface area contributed by atoms with Gasteiger partial charge in [0.2, 0.25) is 0 Å². The maximum atomic E-state index is 13.6. The Morgan fingerprint density at radius 2 is 2.06 bits per heavy atom. The number of carbonyl (C=O) groups excluding carboxylic acids is 1. The van der Waals surface area contributed by atoms with Gasteiger partial charge in [-0.1, -0.05) is 30.3 Å². The summed E-state index contributed by atoms with van der Waals surface area (Å²) in [5.74, 6) is 1.30. The van der Waals surface area contributed by atoms with E-state index in [0.717, 1.165) is 28.0 Å². The Balaban J connectivity index is 1.45. The van der Waals surface area contributed by atoms with Crippen molar-refractivity contribution in [2.75, 3.05) is 51.8 Å². The molecule has 1 saturated heterocycles. The molecule has 1 aliphatic rings. The summed E-state index contributed by atoms with van der Waals surface area (Å²) in [5, 5.41) is 2.71. The molecule has 5 rings (SSSR count). The van der Waals surface area contributed by atoms with Crippen molar-refractivity contribution in [1.29, 1.82) is 0 Å². The van der Waals surface area contributed by atoms with Crippen molar-refractivity contribution in [1.82, 2.24) is 19.9 Å². The first-order valence-electron chi connectivity index (χ1n) is 11.9. The molecule has 0 radical (unpaired) electrons. The number of amides is 1. The molecular formula is C27H28N6O2S. The average molecular weight is 501 g/mol. The number of aliphatic imine (C=N–C) groups is 1. The molecule has 0 N–H and O–H groups in total. The molecule has 0 spiro atoms. The fourth-order valence-electron chi connectivity index (χ4n) is 4.28. The quantitative estimate of drug-likeness (QED) is 0.357. The average Bonchev–Trinajstić information content (AvgIpc) is 3.36. The summed E-state index contributed by atoms with van der Waals surface area (Å²) >= 11 is 1.47. The van der Waals surface area contributed by atoms with Gasteiger partial charge in [-0.15, -0.1) is 11.3 Å². The number of hydrogen-bond donors (Lipinski definition) is 0. The van der Waals surface area contributed by atoms with Crippen LogP contribution in [0.3, 0.4) is 0 Å². The normalized spacial score (nSPS) is 14.0. The fraction of sp³-hybridized carbons (Fsp3) is 0.296. The molecule has 1 fully saturated rings. The van der Waals surface area contributed by atoms with Crippen LogP contribution in [0, 0.1) is 0 Å². The summed E-state index contributed by atoms with van der Waals surface area (Å²) in [5.41, 5.74) is 3.57. The molecule has 0 saturated carbocycles. The number of nitrogens with zero attached hydrogens (tertiary/aromatic N) is 6. The Morgan fingerprint density at radius 3 is 2.83 bits per heavy atom. The van der Waals surface area contributed by atoms with Crippen molar-refractivity contribution >= 4 is 39.5 Å². The number of morpholine rings is 1. The van der Waals surface area contributed by atoms with Crippen LogP contribution in [0.2, 0.25) is 0 Å². The highest BCUT2D eigenvalue weighted by Crippen LogP contribution is 2.35. The maximum absolute atomic E-state index is 13.6. The number of benzene rings is 1. The number of pyridine rings is 1. The van der Waals surface area contributed by atoms with E-state index < -0.39 is 0 Å². The van der Waals surface area contributed by atoms with Gasteiger partial charge in [0.1, 0.15) is 16.3 Å². The molecule has 1 aliphatic heterocycles. The van der Waals surface area contributed by atoms with Gasteiger partial charge in [-0.05, 0) is 29.7 Å². The van der Waals surface area contributed by atoms with Crippen LogP contribution in [-0.2, 0) is 11.2 Å². The van der Waals surface area contributed by atoms with E-state index in [0.29, 0.717) is 49.9 Å². The third-order valence-corrected chi connectivity index (χ3v) is 7.03. The van der Waals surface area contributed by atoms with Gasteiger partial charge in [-0.3, -0.25) is 14.8 Å². The first kappa shape index (κ1) is 24.0. The van der Waals surface area contributed by atoms with Crippen LogP contribution >= 0.6 is 11.3 Å². The summed E-state index contributed by atoms with van der Waals surface area (Å²) in [6, 6.07) is 13.9. The van der Waals surface area contributed by atoms with Gasteiger partial charge in [0.15, 0.2) is 5.82 Å². The Kier molecular flexibility index (Phi) is 7.29. The smallest absolute Gasteiger partial charge is 0.255 e. The third kappa shape index (κ3) is 5.12. The van der Waals surface area contributed by atoms with E-state index in [1.807, 2.05) is 49.0 Å². The minimum absolute atomic E-state index is 0.0313. The molecule has 8 nitrogen and oxygen atoms in total. The molecule has 184 valence electrons. The summed E-state index contributed by atoms with van der Waals surface area (Å²) < 4.78 is 5.57. The number of aromatic nitrogens is 3. The van der Waals surface area contributed by atoms with Crippen LogP contribution in [0.5, 0.6) is 0 Å². The van der Waals surface area contributed by atoms with Crippen LogP contribution < -0.4 is 4.90 Å². The van der Waals surface area contributed by atoms with Crippen LogP contribution in [0.4, 0.5) is 5.82 Å². The number of ether oxygens (including phenoxy) is 1. The summed E-state index contributed by atoms with van der Waals surface area (Å²) in [6.45, 7) is 3.27. The standard InChI is InChI=1S/C27H28N6O2S/c1-28-17-20-7-5-6-19(16-20)9-11-32(2)27(34)21-18-36-26-23(21)25(33-12-14-35-15-13-33)30-24(31-26)22-8-3-4-10-29-22/h3-8,10,16-18H,9,11-15H2,1-2H3/b28-17-. The molecule has 36 heavy (non-hydrogen) atoms. The number of likely N-dealkylation sites (N-methyl/N-ethyl adjacent to an activating group) is 1. The fourth-order valence-corrected chi connectivity index (χ4v) is 5.18. The van der Waals surface area contributed by atoms with E-state index in [9.17, 15) is 4.79 Å². The van der Waals surface area contributed by atoms with Crippen LogP contribution in [0.1, 0.15) is 21.5 Å². The molecule has 0 aliphatic carbocycles. The van der Waals surface area contributed by atoms with Gasteiger partial charge in [0, 0.05) is 51.5 Å². The number of rotatable bonds is 7. The lowest BCUT2D eigenvalue weighted by atomic mass is 10.1. The van der Waals surface area contributed by atoms with Crippen molar-refractivity contribution in [2.24, 2.45) is 4.99 Å². The molecule has 3 aromatic heterocycles. The van der Waals surface area contributed by atoms with E-state index in [2.05, 4.69) is 27.0 Å². The van der Waals surface area contributed by atoms with Gasteiger partial charge < -0.3 is 14.5 Å². The SMILES string of the molecule is C/N=C\c1cccc(CCN(C)C(=O)c2csc3nc(-c4ccccn4)nc(N4CCOCC4)c23)c1. The van der Waals surface area contributed by atoms with Crippen LogP contribution in [0.15, 0.2) is 59.0 Å². The zero-order chi connectivity index (χ0) is 24.9. The molecular weight excluding hydrogens is 472 g/mol. The highest BCUT2D eigenvalue weighted by molar-refractivity contribution is 7.17. The van der Waals surface area contributed by atoms with E-state index in [1.165, 1.54) is 16.9 Å². The lowest BCUT2D eigenvalue weighted by Gasteiger charge is -2.29. The maximum Gasteiger partial charge on any atom is 0.255 e. The van der Waals surface area contributed by atoms with E-state index in [4.69, 9.17) is 14.7 Å². The Morgan fingerprint density at radius 1 is 1.19 bits per heavy atom. The van der Waals surface area contributed by atoms with Gasteiger partial charge in [0.05, 0.1) is 24.2 Å². The molecule has 0 bridgehead atoms. The predicted octanol–water partition coefficient (Wildman–Crippen LogP) is 3.95. The van der Waals surface area contributed by atoms with Crippen molar-refractivity contribution in [3.63, 3.8) is 0 Å². The van der Waals surface area contributed by atoms with Crippen LogP contribution in [-0.4, -0.2) is 78.9 Å². The number of hydrogen-bond acceptors (Lipinski definition) is 8. The molecule has 1 amide bonds. The Bertz CT molecular complexity index is 1380. The van der Waals surface area contributed by atoms with E-state index in [1.54, 1.807) is 18.1 Å². The highest BCUT2D eigenvalue weighted by Gasteiger charge is 2.25. The summed E-state index contributed by atoms with van der Waals surface area (Å²) in [6.07, 6.45) is 4.33. The highest BCUT2D eigenvalue weighted by atomic mass is 32.1. The van der Waals surface area contributed by atoms with Gasteiger partial charge in [-0.2, -0.15) is 0 Å². The predicted molar refractivity (Wildman–Crippen MR) is 144 cm³/mol. The minimum atomic E-state index is -0.0313. The summed E-state index contributed by atoms with van der Waals surface area (Å²) in [4.78, 5) is 36.6.